The Hall–Kier alpha value is -5.07. The number of H-pyrrole nitrogens is 1. The van der Waals surface area contributed by atoms with Crippen molar-refractivity contribution < 1.29 is 18.4 Å². The molecule has 13 heteroatoms. The fourth-order valence-electron chi connectivity index (χ4n) is 3.40. The molecule has 40 heavy (non-hydrogen) atoms. The van der Waals surface area contributed by atoms with Gasteiger partial charge in [-0.15, -0.1) is 0 Å². The molecule has 2 unspecified atom stereocenters. The molecule has 0 saturated heterocycles. The average molecular weight is 550 g/mol. The molecule has 11 nitrogen and oxygen atoms in total. The molecular formula is C27H29F2N9O2. The Morgan fingerprint density at radius 3 is 2.65 bits per heavy atom. The van der Waals surface area contributed by atoms with Crippen LogP contribution in [0.3, 0.4) is 0 Å². The van der Waals surface area contributed by atoms with Crippen molar-refractivity contribution in [1.29, 1.82) is 10.8 Å². The van der Waals surface area contributed by atoms with Gasteiger partial charge in [-0.05, 0) is 42.8 Å². The first-order valence-corrected chi connectivity index (χ1v) is 12.2. The molecule has 2 heterocycles. The van der Waals surface area contributed by atoms with E-state index in [0.717, 1.165) is 18.1 Å². The van der Waals surface area contributed by atoms with Crippen LogP contribution < -0.4 is 16.0 Å². The summed E-state index contributed by atoms with van der Waals surface area (Å²) in [5.74, 6) is -0.566. The molecule has 0 aliphatic heterocycles. The van der Waals surface area contributed by atoms with E-state index in [9.17, 15) is 18.4 Å². The highest BCUT2D eigenvalue weighted by Crippen LogP contribution is 2.22. The number of amides is 3. The molecule has 6 N–H and O–H groups in total. The second-order valence-electron chi connectivity index (χ2n) is 8.48. The lowest BCUT2D eigenvalue weighted by Crippen LogP contribution is -2.32. The number of pyridine rings is 1. The Labute approximate surface area is 229 Å². The van der Waals surface area contributed by atoms with Crippen molar-refractivity contribution in [2.75, 3.05) is 11.9 Å². The number of rotatable bonds is 13. The number of alkyl halides is 2. The monoisotopic (exact) mass is 549 g/mol. The molecular weight excluding hydrogens is 520 g/mol. The van der Waals surface area contributed by atoms with Gasteiger partial charge in [-0.2, -0.15) is 0 Å². The summed E-state index contributed by atoms with van der Waals surface area (Å²) in [6.07, 6.45) is 5.77. The zero-order valence-electron chi connectivity index (χ0n) is 21.6. The Bertz CT molecular complexity index is 1370. The largest absolute Gasteiger partial charge is 0.349 e. The van der Waals surface area contributed by atoms with E-state index in [1.54, 1.807) is 61.8 Å². The van der Waals surface area contributed by atoms with Crippen LogP contribution >= 0.6 is 0 Å². The Morgan fingerprint density at radius 2 is 1.95 bits per heavy atom. The van der Waals surface area contributed by atoms with Gasteiger partial charge in [0.15, 0.2) is 0 Å². The number of aliphatic imine (C=N–C) groups is 1. The second-order valence-corrected chi connectivity index (χ2v) is 8.48. The van der Waals surface area contributed by atoms with Gasteiger partial charge in [0.2, 0.25) is 5.91 Å². The number of aromatic nitrogens is 3. The van der Waals surface area contributed by atoms with Crippen molar-refractivity contribution in [2.45, 2.75) is 25.9 Å². The molecule has 3 aromatic rings. The van der Waals surface area contributed by atoms with Crippen molar-refractivity contribution >= 4 is 42.3 Å². The van der Waals surface area contributed by atoms with Crippen molar-refractivity contribution in [3.05, 3.63) is 71.9 Å². The molecule has 0 aliphatic rings. The van der Waals surface area contributed by atoms with Crippen LogP contribution in [0.25, 0.3) is 17.3 Å². The van der Waals surface area contributed by atoms with Crippen LogP contribution in [0, 0.1) is 16.7 Å². The molecule has 3 rings (SSSR count). The van der Waals surface area contributed by atoms with Gasteiger partial charge in [0.05, 0.1) is 36.6 Å². The maximum atomic E-state index is 12.4. The Kier molecular flexibility index (Phi) is 10.9. The summed E-state index contributed by atoms with van der Waals surface area (Å²) in [7, 11) is 0. The van der Waals surface area contributed by atoms with E-state index < -0.39 is 31.0 Å². The third-order valence-electron chi connectivity index (χ3n) is 5.50. The van der Waals surface area contributed by atoms with Crippen LogP contribution in [-0.4, -0.2) is 64.5 Å². The van der Waals surface area contributed by atoms with Gasteiger partial charge >= 0.3 is 6.03 Å². The number of anilines is 1. The Balaban J connectivity index is 1.65. The average Bonchev–Trinajstić information content (AvgIpc) is 3.43. The number of carbonyl (C=O) groups excluding carboxylic acids is 2. The third-order valence-corrected chi connectivity index (χ3v) is 5.50. The predicted molar refractivity (Wildman–Crippen MR) is 150 cm³/mol. The van der Waals surface area contributed by atoms with E-state index in [-0.39, 0.29) is 12.5 Å². The van der Waals surface area contributed by atoms with E-state index in [1.807, 2.05) is 6.07 Å². The number of benzene rings is 1. The highest BCUT2D eigenvalue weighted by Gasteiger charge is 2.14. The molecule has 2 aromatic heterocycles. The first-order valence-electron chi connectivity index (χ1n) is 12.2. The number of imidazole rings is 1. The quantitative estimate of drug-likeness (QED) is 0.178. The van der Waals surface area contributed by atoms with E-state index in [4.69, 9.17) is 10.8 Å². The molecule has 2 atom stereocenters. The van der Waals surface area contributed by atoms with E-state index in [1.165, 1.54) is 6.21 Å². The highest BCUT2D eigenvalue weighted by atomic mass is 19.3. The normalized spacial score (nSPS) is 13.1. The lowest BCUT2D eigenvalue weighted by molar-refractivity contribution is -0.122. The summed E-state index contributed by atoms with van der Waals surface area (Å²) in [4.78, 5) is 40.0. The number of allylic oxidation sites excluding steroid dienone is 1. The van der Waals surface area contributed by atoms with Crippen LogP contribution in [-0.2, 0) is 11.3 Å². The number of aromatic amines is 1. The predicted octanol–water partition coefficient (Wildman–Crippen LogP) is 3.93. The zero-order valence-corrected chi connectivity index (χ0v) is 21.6. The fraction of sp³-hybridized carbons (Fsp3) is 0.222. The van der Waals surface area contributed by atoms with Gasteiger partial charge in [-0.1, -0.05) is 18.2 Å². The molecule has 1 aromatic carbocycles. The topological polar surface area (TPSA) is 172 Å². The van der Waals surface area contributed by atoms with Crippen molar-refractivity contribution in [1.82, 2.24) is 25.6 Å². The van der Waals surface area contributed by atoms with Crippen LogP contribution in [0.15, 0.2) is 65.4 Å². The number of hydrogen-bond acceptors (Lipinski definition) is 7. The van der Waals surface area contributed by atoms with E-state index in [0.29, 0.717) is 28.3 Å². The number of hydrogen-bond donors (Lipinski definition) is 6. The summed E-state index contributed by atoms with van der Waals surface area (Å²) in [5.41, 5.74) is 2.80. The third kappa shape index (κ3) is 9.04. The van der Waals surface area contributed by atoms with Gasteiger partial charge in [-0.3, -0.25) is 14.8 Å². The second kappa shape index (κ2) is 14.8. The van der Waals surface area contributed by atoms with E-state index >= 15 is 0 Å². The summed E-state index contributed by atoms with van der Waals surface area (Å²) in [5, 5.41) is 22.9. The molecule has 0 aliphatic carbocycles. The molecule has 0 radical (unpaired) electrons. The molecule has 0 spiro atoms. The van der Waals surface area contributed by atoms with Gasteiger partial charge in [0.1, 0.15) is 11.9 Å². The SMILES string of the molecule is CC(N=CC(C=N)/C(C=N)=C/c1ncc(-c2cccc(NC(=O)NCC(F)F)c2)[nH]1)C(=O)NCc1ccccn1. The molecule has 3 amide bonds. The molecule has 0 saturated carbocycles. The summed E-state index contributed by atoms with van der Waals surface area (Å²) < 4.78 is 24.6. The lowest BCUT2D eigenvalue weighted by atomic mass is 10.0. The summed E-state index contributed by atoms with van der Waals surface area (Å²) in [6.45, 7) is 1.14. The standard InChI is InChI=1S/C27H29F2N9O2/c1-17(26(39)35-14-22-6-2-3-8-32-22)33-13-20(12-31)19(11-30)10-25-34-15-23(38-25)18-5-4-7-21(9-18)37-27(40)36-16-24(28)29/h2-13,15,17,20,24,30-31H,14,16H2,1H3,(H,34,38)(H,35,39)(H2,36,37,40)/b19-10+,30-11?,31-12?,33-13?. The van der Waals surface area contributed by atoms with Crippen LogP contribution in [0.5, 0.6) is 0 Å². The summed E-state index contributed by atoms with van der Waals surface area (Å²) >= 11 is 0. The smallest absolute Gasteiger partial charge is 0.319 e. The maximum absolute atomic E-state index is 12.4. The van der Waals surface area contributed by atoms with Gasteiger partial charge in [-0.25, -0.2) is 18.6 Å². The molecule has 0 bridgehead atoms. The fourth-order valence-corrected chi connectivity index (χ4v) is 3.40. The van der Waals surface area contributed by atoms with Gasteiger partial charge in [0.25, 0.3) is 6.43 Å². The van der Waals surface area contributed by atoms with Gasteiger partial charge in [0, 0.05) is 36.1 Å². The first-order chi connectivity index (χ1) is 19.3. The minimum Gasteiger partial charge on any atom is -0.349 e. The van der Waals surface area contributed by atoms with Crippen LogP contribution in [0.1, 0.15) is 18.4 Å². The van der Waals surface area contributed by atoms with Crippen molar-refractivity contribution in [3.63, 3.8) is 0 Å². The number of carbonyl (C=O) groups is 2. The van der Waals surface area contributed by atoms with Crippen LogP contribution in [0.2, 0.25) is 0 Å². The van der Waals surface area contributed by atoms with E-state index in [2.05, 4.69) is 35.9 Å². The van der Waals surface area contributed by atoms with Gasteiger partial charge < -0.3 is 31.8 Å². The number of halogens is 2. The first kappa shape index (κ1) is 29.5. The van der Waals surface area contributed by atoms with Crippen molar-refractivity contribution in [3.8, 4) is 11.3 Å². The van der Waals surface area contributed by atoms with Crippen LogP contribution in [0.4, 0.5) is 19.3 Å². The lowest BCUT2D eigenvalue weighted by Gasteiger charge is -2.10. The Morgan fingerprint density at radius 1 is 1.12 bits per heavy atom. The summed E-state index contributed by atoms with van der Waals surface area (Å²) in [6, 6.07) is 10.7. The maximum Gasteiger partial charge on any atom is 0.319 e. The van der Waals surface area contributed by atoms with Crippen molar-refractivity contribution in [2.24, 2.45) is 10.9 Å². The number of nitrogens with one attached hydrogen (secondary N) is 6. The number of urea groups is 1. The number of nitrogens with zero attached hydrogens (tertiary/aromatic N) is 3. The minimum atomic E-state index is -2.65. The highest BCUT2D eigenvalue weighted by molar-refractivity contribution is 5.99. The molecule has 208 valence electrons. The molecule has 0 fully saturated rings. The minimum absolute atomic E-state index is 0.269. The zero-order chi connectivity index (χ0) is 28.9.